The summed E-state index contributed by atoms with van der Waals surface area (Å²) in [7, 11) is 0. The number of aromatic hydroxyl groups is 1. The van der Waals surface area contributed by atoms with Gasteiger partial charge in [-0.1, -0.05) is 36.4 Å². The zero-order valence-electron chi connectivity index (χ0n) is 15.4. The maximum Gasteiger partial charge on any atom is 0.276 e. The molecule has 142 valence electrons. The number of para-hydroxylation sites is 1. The SMILES string of the molecule is O=c1c2c(-c3ccc(O)cc3)csc2cnn1CCc1ccc2ccccc2n1. The molecule has 5 rings (SSSR count). The lowest BCUT2D eigenvalue weighted by Gasteiger charge is -2.07. The number of phenolic OH excluding ortho intramolecular Hbond substituents is 1. The van der Waals surface area contributed by atoms with Crippen molar-refractivity contribution < 1.29 is 5.11 Å². The second kappa shape index (κ2) is 7.14. The lowest BCUT2D eigenvalue weighted by Crippen LogP contribution is -2.23. The highest BCUT2D eigenvalue weighted by Gasteiger charge is 2.13. The number of phenols is 1. The predicted molar refractivity (Wildman–Crippen MR) is 116 cm³/mol. The van der Waals surface area contributed by atoms with Crippen molar-refractivity contribution in [2.45, 2.75) is 13.0 Å². The van der Waals surface area contributed by atoms with Crippen LogP contribution in [0.1, 0.15) is 5.69 Å². The Morgan fingerprint density at radius 1 is 1.00 bits per heavy atom. The maximum atomic E-state index is 13.1. The minimum Gasteiger partial charge on any atom is -0.508 e. The molecule has 2 aromatic carbocycles. The van der Waals surface area contributed by atoms with Gasteiger partial charge < -0.3 is 5.11 Å². The Labute approximate surface area is 170 Å². The molecule has 0 aliphatic carbocycles. The minimum absolute atomic E-state index is 0.104. The van der Waals surface area contributed by atoms with Crippen LogP contribution in [0.4, 0.5) is 0 Å². The Balaban J connectivity index is 1.48. The molecule has 0 saturated carbocycles. The van der Waals surface area contributed by atoms with E-state index in [0.29, 0.717) is 18.4 Å². The summed E-state index contributed by atoms with van der Waals surface area (Å²) in [6.07, 6.45) is 2.38. The molecule has 3 heterocycles. The highest BCUT2D eigenvalue weighted by molar-refractivity contribution is 7.17. The van der Waals surface area contributed by atoms with Crippen LogP contribution in [0.5, 0.6) is 5.75 Å². The van der Waals surface area contributed by atoms with E-state index in [1.807, 2.05) is 47.8 Å². The van der Waals surface area contributed by atoms with Crippen LogP contribution in [0.2, 0.25) is 0 Å². The molecule has 0 saturated heterocycles. The molecule has 5 aromatic rings. The number of aryl methyl sites for hydroxylation is 2. The van der Waals surface area contributed by atoms with Gasteiger partial charge in [0.25, 0.3) is 5.56 Å². The van der Waals surface area contributed by atoms with Gasteiger partial charge in [0.1, 0.15) is 5.75 Å². The summed E-state index contributed by atoms with van der Waals surface area (Å²) in [6.45, 7) is 0.463. The molecule has 0 spiro atoms. The molecule has 0 aliphatic rings. The number of fused-ring (bicyclic) bond motifs is 2. The summed E-state index contributed by atoms with van der Waals surface area (Å²) in [6, 6.07) is 18.9. The molecular formula is C23H17N3O2S. The number of aromatic nitrogens is 3. The largest absolute Gasteiger partial charge is 0.508 e. The fourth-order valence-corrected chi connectivity index (χ4v) is 4.39. The molecule has 0 fully saturated rings. The molecule has 0 radical (unpaired) electrons. The van der Waals surface area contributed by atoms with Crippen molar-refractivity contribution in [2.24, 2.45) is 0 Å². The van der Waals surface area contributed by atoms with Gasteiger partial charge in [-0.2, -0.15) is 5.10 Å². The standard InChI is InChI=1S/C23H17N3O2S/c27-18-9-6-15(7-10-18)19-14-29-21-13-24-26(23(28)22(19)21)12-11-17-8-5-16-3-1-2-4-20(16)25-17/h1-10,13-14,27H,11-12H2. The topological polar surface area (TPSA) is 68.0 Å². The third kappa shape index (κ3) is 3.28. The molecule has 0 aliphatic heterocycles. The van der Waals surface area contributed by atoms with Crippen LogP contribution in [-0.4, -0.2) is 19.9 Å². The van der Waals surface area contributed by atoms with E-state index in [9.17, 15) is 9.90 Å². The number of rotatable bonds is 4. The van der Waals surface area contributed by atoms with Crippen LogP contribution in [0.3, 0.4) is 0 Å². The zero-order chi connectivity index (χ0) is 19.8. The molecule has 29 heavy (non-hydrogen) atoms. The van der Waals surface area contributed by atoms with Gasteiger partial charge in [-0.25, -0.2) is 4.68 Å². The van der Waals surface area contributed by atoms with E-state index in [2.05, 4.69) is 16.1 Å². The van der Waals surface area contributed by atoms with Crippen molar-refractivity contribution in [3.05, 3.63) is 88.3 Å². The van der Waals surface area contributed by atoms with Gasteiger partial charge in [0, 0.05) is 28.4 Å². The maximum absolute atomic E-state index is 13.1. The first-order valence-electron chi connectivity index (χ1n) is 9.30. The van der Waals surface area contributed by atoms with E-state index in [1.165, 1.54) is 16.0 Å². The molecule has 3 aromatic heterocycles. The Hall–Kier alpha value is -3.51. The van der Waals surface area contributed by atoms with Crippen LogP contribution >= 0.6 is 11.3 Å². The molecule has 5 nitrogen and oxygen atoms in total. The second-order valence-corrected chi connectivity index (χ2v) is 7.76. The van der Waals surface area contributed by atoms with Crippen LogP contribution < -0.4 is 5.56 Å². The average Bonchev–Trinajstić information content (AvgIpc) is 3.19. The molecule has 1 N–H and O–H groups in total. The number of thiophene rings is 1. The number of hydrogen-bond acceptors (Lipinski definition) is 5. The molecule has 0 atom stereocenters. The van der Waals surface area contributed by atoms with Crippen molar-refractivity contribution in [1.82, 2.24) is 14.8 Å². The Kier molecular flexibility index (Phi) is 4.33. The van der Waals surface area contributed by atoms with Crippen molar-refractivity contribution in [3.8, 4) is 16.9 Å². The lowest BCUT2D eigenvalue weighted by atomic mass is 10.1. The van der Waals surface area contributed by atoms with E-state index < -0.39 is 0 Å². The highest BCUT2D eigenvalue weighted by atomic mass is 32.1. The van der Waals surface area contributed by atoms with E-state index >= 15 is 0 Å². The third-order valence-corrected chi connectivity index (χ3v) is 5.91. The summed E-state index contributed by atoms with van der Waals surface area (Å²) in [5.41, 5.74) is 3.55. The number of benzene rings is 2. The second-order valence-electron chi connectivity index (χ2n) is 6.85. The third-order valence-electron chi connectivity index (χ3n) is 5.00. The molecule has 0 amide bonds. The van der Waals surface area contributed by atoms with Gasteiger partial charge >= 0.3 is 0 Å². The van der Waals surface area contributed by atoms with Crippen molar-refractivity contribution in [3.63, 3.8) is 0 Å². The first-order valence-corrected chi connectivity index (χ1v) is 10.2. The number of nitrogens with zero attached hydrogens (tertiary/aromatic N) is 3. The van der Waals surface area contributed by atoms with Gasteiger partial charge in [-0.05, 0) is 29.8 Å². The van der Waals surface area contributed by atoms with Gasteiger partial charge in [0.2, 0.25) is 0 Å². The van der Waals surface area contributed by atoms with Gasteiger partial charge in [0.05, 0.1) is 28.3 Å². The van der Waals surface area contributed by atoms with Gasteiger partial charge in [-0.15, -0.1) is 11.3 Å². The quantitative estimate of drug-likeness (QED) is 0.479. The molecule has 6 heteroatoms. The highest BCUT2D eigenvalue weighted by Crippen LogP contribution is 2.32. The van der Waals surface area contributed by atoms with Gasteiger partial charge in [-0.3, -0.25) is 9.78 Å². The fraction of sp³-hybridized carbons (Fsp3) is 0.0870. The minimum atomic E-state index is -0.104. The van der Waals surface area contributed by atoms with E-state index in [-0.39, 0.29) is 11.3 Å². The van der Waals surface area contributed by atoms with Crippen LogP contribution in [0.25, 0.3) is 32.1 Å². The zero-order valence-corrected chi connectivity index (χ0v) is 16.3. The fourth-order valence-electron chi connectivity index (χ4n) is 3.47. The average molecular weight is 399 g/mol. The normalized spacial score (nSPS) is 11.3. The summed E-state index contributed by atoms with van der Waals surface area (Å²) in [5, 5.41) is 17.6. The summed E-state index contributed by atoms with van der Waals surface area (Å²) in [4.78, 5) is 17.8. The summed E-state index contributed by atoms with van der Waals surface area (Å²) < 4.78 is 2.37. The van der Waals surface area contributed by atoms with Crippen LogP contribution in [-0.2, 0) is 13.0 Å². The summed E-state index contributed by atoms with van der Waals surface area (Å²) in [5.74, 6) is 0.204. The lowest BCUT2D eigenvalue weighted by molar-refractivity contribution is 0.475. The van der Waals surface area contributed by atoms with Gasteiger partial charge in [0.15, 0.2) is 0 Å². The first kappa shape index (κ1) is 17.6. The Bertz CT molecular complexity index is 1390. The Morgan fingerprint density at radius 2 is 1.83 bits per heavy atom. The van der Waals surface area contributed by atoms with E-state index in [4.69, 9.17) is 0 Å². The van der Waals surface area contributed by atoms with E-state index in [1.54, 1.807) is 18.3 Å². The van der Waals surface area contributed by atoms with Crippen LogP contribution in [0.15, 0.2) is 77.0 Å². The number of pyridine rings is 1. The molecular weight excluding hydrogens is 382 g/mol. The van der Waals surface area contributed by atoms with Crippen molar-refractivity contribution >= 4 is 32.3 Å². The van der Waals surface area contributed by atoms with E-state index in [0.717, 1.165) is 32.4 Å². The summed E-state index contributed by atoms with van der Waals surface area (Å²) >= 11 is 1.50. The van der Waals surface area contributed by atoms with Crippen LogP contribution in [0, 0.1) is 0 Å². The van der Waals surface area contributed by atoms with Crippen molar-refractivity contribution in [1.29, 1.82) is 0 Å². The number of hydrogen-bond donors (Lipinski definition) is 1. The Morgan fingerprint density at radius 3 is 2.69 bits per heavy atom. The first-order chi connectivity index (χ1) is 14.2. The molecule has 0 bridgehead atoms. The monoisotopic (exact) mass is 399 g/mol. The smallest absolute Gasteiger partial charge is 0.276 e. The molecule has 0 unspecified atom stereocenters. The van der Waals surface area contributed by atoms with Crippen molar-refractivity contribution in [2.75, 3.05) is 0 Å². The predicted octanol–water partition coefficient (Wildman–Crippen LogP) is 4.62.